The largest absolute Gasteiger partial charge is 1.00 e. The minimum absolute atomic E-state index is 0. The van der Waals surface area contributed by atoms with E-state index in [1.807, 2.05) is 6.08 Å². The summed E-state index contributed by atoms with van der Waals surface area (Å²) in [5, 5.41) is 9.26. The topological polar surface area (TPSA) is 62.8 Å². The molecule has 2 heterocycles. The van der Waals surface area contributed by atoms with Crippen molar-refractivity contribution in [1.29, 1.82) is 0 Å². The van der Waals surface area contributed by atoms with Gasteiger partial charge in [0.15, 0.2) is 0 Å². The minimum atomic E-state index is -6.00. The van der Waals surface area contributed by atoms with Gasteiger partial charge in [0.1, 0.15) is 6.26 Å². The summed E-state index contributed by atoms with van der Waals surface area (Å²) in [6, 6.07) is 0. The highest BCUT2D eigenvalue weighted by atomic mass is 19.5. The van der Waals surface area contributed by atoms with Crippen LogP contribution in [0.4, 0.5) is 17.3 Å². The zero-order chi connectivity index (χ0) is 12.3. The van der Waals surface area contributed by atoms with E-state index in [9.17, 15) is 17.3 Å². The van der Waals surface area contributed by atoms with Gasteiger partial charge in [0.2, 0.25) is 0 Å². The lowest BCUT2D eigenvalue weighted by atomic mass is 10.3. The fourth-order valence-corrected chi connectivity index (χ4v) is 0.425. The van der Waals surface area contributed by atoms with Crippen molar-refractivity contribution in [3.8, 4) is 0 Å². The van der Waals surface area contributed by atoms with Crippen LogP contribution in [0.15, 0.2) is 37.0 Å². The van der Waals surface area contributed by atoms with E-state index < -0.39 is 7.25 Å². The molecule has 0 atom stereocenters. The van der Waals surface area contributed by atoms with Crippen molar-refractivity contribution in [2.24, 2.45) is 0 Å². The monoisotopic (exact) mass is 240 g/mol. The van der Waals surface area contributed by atoms with E-state index in [0.717, 1.165) is 0 Å². The molecule has 1 aromatic heterocycles. The predicted molar refractivity (Wildman–Crippen MR) is 50.2 cm³/mol. The smallest absolute Gasteiger partial charge is 0.418 e. The quantitative estimate of drug-likeness (QED) is 0.535. The standard InChI is InChI=1S/C4H5NO.C2H3N3.BF4/c1-2-4-6-5-3-1;1-2-4-5-3-1;2-1(3,4)5/h1-5H;1-2H,(H,3,4,5);/q;;-1/p+1. The average molecular weight is 240 g/mol. The summed E-state index contributed by atoms with van der Waals surface area (Å²) in [7, 11) is -6.00. The predicted octanol–water partition coefficient (Wildman–Crippen LogP) is 1.77. The number of H-pyrrole nitrogens is 1. The number of hydroxylamine groups is 1. The summed E-state index contributed by atoms with van der Waals surface area (Å²) >= 11 is 0. The molecule has 90 valence electrons. The van der Waals surface area contributed by atoms with Crippen LogP contribution in [0.5, 0.6) is 0 Å². The Morgan fingerprint density at radius 3 is 2.00 bits per heavy atom. The van der Waals surface area contributed by atoms with Crippen molar-refractivity contribution in [3.63, 3.8) is 0 Å². The molecule has 1 aliphatic rings. The first kappa shape index (κ1) is 14.0. The van der Waals surface area contributed by atoms with E-state index in [1.54, 1.807) is 30.9 Å². The molecule has 0 spiro atoms. The van der Waals surface area contributed by atoms with Gasteiger partial charge in [-0.25, -0.2) is 5.48 Å². The molecule has 0 saturated carbocycles. The molecule has 0 saturated heterocycles. The third-order valence-electron chi connectivity index (χ3n) is 0.821. The zero-order valence-electron chi connectivity index (χ0n) is 8.86. The van der Waals surface area contributed by atoms with Gasteiger partial charge < -0.3 is 22.1 Å². The first-order valence-corrected chi connectivity index (χ1v) is 3.91. The number of halogens is 4. The summed E-state index contributed by atoms with van der Waals surface area (Å²) in [5.74, 6) is 0. The molecule has 0 unspecified atom stereocenters. The van der Waals surface area contributed by atoms with E-state index in [2.05, 4.69) is 25.7 Å². The molecule has 0 radical (unpaired) electrons. The van der Waals surface area contributed by atoms with Crippen molar-refractivity contribution in [1.82, 2.24) is 20.9 Å². The SMILES string of the molecule is C1=CNOC=C1.F[B-](F)(F)F.[H+].c1c[nH]nn1. The fraction of sp³-hybridized carbons (Fsp3) is 0. The van der Waals surface area contributed by atoms with Crippen LogP contribution < -0.4 is 5.48 Å². The number of aromatic nitrogens is 3. The van der Waals surface area contributed by atoms with Crippen molar-refractivity contribution in [2.75, 3.05) is 0 Å². The van der Waals surface area contributed by atoms with Gasteiger partial charge in [-0.05, 0) is 12.2 Å². The molecular formula is C6H9BF4N4O. The highest BCUT2D eigenvalue weighted by Gasteiger charge is 2.20. The summed E-state index contributed by atoms with van der Waals surface area (Å²) in [5.41, 5.74) is 2.52. The molecule has 0 aliphatic carbocycles. The van der Waals surface area contributed by atoms with Crippen molar-refractivity contribution in [3.05, 3.63) is 37.0 Å². The lowest BCUT2D eigenvalue weighted by Gasteiger charge is -1.97. The van der Waals surface area contributed by atoms with E-state index >= 15 is 0 Å². The molecule has 16 heavy (non-hydrogen) atoms. The Morgan fingerprint density at radius 1 is 1.19 bits per heavy atom. The minimum Gasteiger partial charge on any atom is -0.418 e. The van der Waals surface area contributed by atoms with Crippen LogP contribution in [0.25, 0.3) is 0 Å². The molecule has 0 fully saturated rings. The maximum atomic E-state index is 9.75. The maximum absolute atomic E-state index is 9.75. The number of allylic oxidation sites excluding steroid dienone is 2. The van der Waals surface area contributed by atoms with Crippen LogP contribution in [-0.4, -0.2) is 22.7 Å². The summed E-state index contributed by atoms with van der Waals surface area (Å²) in [6.07, 6.45) is 10.2. The lowest BCUT2D eigenvalue weighted by molar-refractivity contribution is 0.172. The number of nitrogens with one attached hydrogen (secondary N) is 2. The Labute approximate surface area is 89.7 Å². The summed E-state index contributed by atoms with van der Waals surface area (Å²) in [6.45, 7) is 0. The Hall–Kier alpha value is -2.00. The Bertz CT molecular complexity index is 270. The van der Waals surface area contributed by atoms with Crippen LogP contribution >= 0.6 is 0 Å². The lowest BCUT2D eigenvalue weighted by Crippen LogP contribution is -2.02. The molecule has 2 rings (SSSR count). The van der Waals surface area contributed by atoms with Gasteiger partial charge in [-0.2, -0.15) is 0 Å². The average Bonchev–Trinajstić information content (AvgIpc) is 2.75. The van der Waals surface area contributed by atoms with Crippen LogP contribution in [0.3, 0.4) is 0 Å². The third-order valence-corrected chi connectivity index (χ3v) is 0.821. The second-order valence-electron chi connectivity index (χ2n) is 2.08. The normalized spacial score (nSPS) is 12.2. The van der Waals surface area contributed by atoms with Crippen LogP contribution in [0, 0.1) is 0 Å². The van der Waals surface area contributed by atoms with E-state index in [0.29, 0.717) is 0 Å². The van der Waals surface area contributed by atoms with Crippen molar-refractivity contribution in [2.45, 2.75) is 0 Å². The molecule has 0 aromatic carbocycles. The summed E-state index contributed by atoms with van der Waals surface area (Å²) in [4.78, 5) is 4.55. The fourth-order valence-electron chi connectivity index (χ4n) is 0.425. The number of hydrogen-bond donors (Lipinski definition) is 2. The van der Waals surface area contributed by atoms with Crippen molar-refractivity contribution < 1.29 is 23.5 Å². The molecule has 2 N–H and O–H groups in total. The molecule has 1 aliphatic heterocycles. The van der Waals surface area contributed by atoms with Crippen LogP contribution in [-0.2, 0) is 4.84 Å². The van der Waals surface area contributed by atoms with Gasteiger partial charge in [0.25, 0.3) is 0 Å². The van der Waals surface area contributed by atoms with Gasteiger partial charge in [0, 0.05) is 12.4 Å². The van der Waals surface area contributed by atoms with Gasteiger partial charge in [-0.1, -0.05) is 5.21 Å². The zero-order valence-corrected chi connectivity index (χ0v) is 7.86. The number of hydrogen-bond acceptors (Lipinski definition) is 4. The van der Waals surface area contributed by atoms with E-state index in [1.165, 1.54) is 0 Å². The van der Waals surface area contributed by atoms with Crippen LogP contribution in [0.1, 0.15) is 1.43 Å². The van der Waals surface area contributed by atoms with Gasteiger partial charge in [-0.15, -0.1) is 5.10 Å². The first-order chi connectivity index (χ1) is 7.50. The number of nitrogens with zero attached hydrogens (tertiary/aromatic N) is 2. The van der Waals surface area contributed by atoms with Crippen molar-refractivity contribution >= 4 is 7.25 Å². The van der Waals surface area contributed by atoms with Crippen LogP contribution in [0.2, 0.25) is 0 Å². The van der Waals surface area contributed by atoms with E-state index in [-0.39, 0.29) is 1.43 Å². The number of rotatable bonds is 0. The second kappa shape index (κ2) is 8.32. The maximum Gasteiger partial charge on any atom is 1.00 e. The van der Waals surface area contributed by atoms with Gasteiger partial charge in [-0.3, -0.25) is 5.10 Å². The molecule has 1 aromatic rings. The molecular weight excluding hydrogens is 231 g/mol. The third kappa shape index (κ3) is 17.9. The Kier molecular flexibility index (Phi) is 7.29. The first-order valence-electron chi connectivity index (χ1n) is 3.91. The Balaban J connectivity index is 0. The molecule has 5 nitrogen and oxygen atoms in total. The molecule has 0 bridgehead atoms. The highest BCUT2D eigenvalue weighted by molar-refractivity contribution is 6.50. The van der Waals surface area contributed by atoms with Gasteiger partial charge in [0.05, 0.1) is 6.20 Å². The summed E-state index contributed by atoms with van der Waals surface area (Å²) < 4.78 is 39.0. The van der Waals surface area contributed by atoms with Gasteiger partial charge >= 0.3 is 8.68 Å². The highest BCUT2D eigenvalue weighted by Crippen LogP contribution is 2.06. The Morgan fingerprint density at radius 2 is 1.88 bits per heavy atom. The second-order valence-corrected chi connectivity index (χ2v) is 2.08. The molecule has 0 amide bonds. The van der Waals surface area contributed by atoms with E-state index in [4.69, 9.17) is 0 Å². The molecule has 10 heteroatoms. The number of aromatic amines is 1.